The van der Waals surface area contributed by atoms with Crippen LogP contribution in [0.3, 0.4) is 0 Å². The van der Waals surface area contributed by atoms with Gasteiger partial charge in [0.2, 0.25) is 11.6 Å². The van der Waals surface area contributed by atoms with Gasteiger partial charge in [-0.15, -0.1) is 0 Å². The molecular weight excluding hydrogens is 466 g/mol. The van der Waals surface area contributed by atoms with E-state index in [1.165, 1.54) is 6.33 Å². The quantitative estimate of drug-likeness (QED) is 0.168. The van der Waals surface area contributed by atoms with Gasteiger partial charge in [0.05, 0.1) is 17.4 Å². The van der Waals surface area contributed by atoms with Crippen LogP contribution in [0.4, 0.5) is 0 Å². The van der Waals surface area contributed by atoms with Crippen molar-refractivity contribution in [3.05, 3.63) is 60.6 Å². The maximum atomic E-state index is 12.0. The first-order valence-electron chi connectivity index (χ1n) is 12.9. The molecule has 0 saturated heterocycles. The van der Waals surface area contributed by atoms with E-state index in [4.69, 9.17) is 18.9 Å². The zero-order chi connectivity index (χ0) is 26.4. The maximum Gasteiger partial charge on any atom is 0.306 e. The highest BCUT2D eigenvalue weighted by atomic mass is 16.6. The predicted octanol–water partition coefficient (Wildman–Crippen LogP) is 7.18. The number of nitrogens with zero attached hydrogens (tertiary/aromatic N) is 3. The summed E-state index contributed by atoms with van der Waals surface area (Å²) in [5.41, 5.74) is 3.68. The van der Waals surface area contributed by atoms with Crippen LogP contribution in [-0.2, 0) is 16.0 Å². The number of carbonyl (C=O) groups is 1. The number of pyridine rings is 1. The third kappa shape index (κ3) is 6.73. The highest BCUT2D eigenvalue weighted by molar-refractivity contribution is 6.02. The topological polar surface area (TPSA) is 87.3 Å². The van der Waals surface area contributed by atoms with Crippen molar-refractivity contribution in [1.82, 2.24) is 15.0 Å². The number of aromatic nitrogens is 3. The van der Waals surface area contributed by atoms with E-state index in [1.807, 2.05) is 70.3 Å². The first kappa shape index (κ1) is 26.3. The molecule has 0 bridgehead atoms. The van der Waals surface area contributed by atoms with E-state index in [-0.39, 0.29) is 12.1 Å². The number of aryl methyl sites for hydroxylation is 1. The number of rotatable bonds is 10. The molecule has 0 amide bonds. The summed E-state index contributed by atoms with van der Waals surface area (Å²) in [4.78, 5) is 25.6. The van der Waals surface area contributed by atoms with Crippen LogP contribution in [0.5, 0.6) is 5.88 Å². The molecule has 194 valence electrons. The van der Waals surface area contributed by atoms with Gasteiger partial charge in [0.1, 0.15) is 23.1 Å². The molecule has 3 aromatic heterocycles. The van der Waals surface area contributed by atoms with E-state index >= 15 is 0 Å². The van der Waals surface area contributed by atoms with Gasteiger partial charge in [0, 0.05) is 18.2 Å². The third-order valence-corrected chi connectivity index (χ3v) is 5.95. The van der Waals surface area contributed by atoms with Gasteiger partial charge in [-0.2, -0.15) is 0 Å². The first-order chi connectivity index (χ1) is 17.7. The fourth-order valence-electron chi connectivity index (χ4n) is 4.16. The largest absolute Gasteiger partial charge is 0.474 e. The molecule has 7 heteroatoms. The Morgan fingerprint density at radius 1 is 1.03 bits per heavy atom. The van der Waals surface area contributed by atoms with Crippen LogP contribution in [0, 0.1) is 0 Å². The summed E-state index contributed by atoms with van der Waals surface area (Å²) in [5, 5.41) is 0.707. The lowest BCUT2D eigenvalue weighted by Crippen LogP contribution is -2.23. The van der Waals surface area contributed by atoms with Crippen molar-refractivity contribution < 1.29 is 18.7 Å². The Bertz CT molecular complexity index is 1320. The summed E-state index contributed by atoms with van der Waals surface area (Å²) in [6.45, 7) is 9.75. The van der Waals surface area contributed by atoms with Crippen LogP contribution in [0.25, 0.3) is 33.7 Å². The van der Waals surface area contributed by atoms with Crippen LogP contribution < -0.4 is 4.74 Å². The van der Waals surface area contributed by atoms with Crippen molar-refractivity contribution in [3.63, 3.8) is 0 Å². The number of hydrogen-bond acceptors (Lipinski definition) is 7. The summed E-state index contributed by atoms with van der Waals surface area (Å²) in [6.07, 6.45) is 6.89. The zero-order valence-corrected chi connectivity index (χ0v) is 22.3. The average molecular weight is 502 g/mol. The van der Waals surface area contributed by atoms with Gasteiger partial charge < -0.3 is 13.9 Å². The molecular formula is C30H35N3O4. The number of furan rings is 1. The van der Waals surface area contributed by atoms with Gasteiger partial charge in [-0.3, -0.25) is 9.78 Å². The standard InChI is InChI=1S/C30H35N3O4/c1-6-21-16-17-23(31-18-21)25-26-28(35-20(2)12-10-11-15-24(34)37-30(3,4)5)32-19-33-29(26)36-27(25)22-13-8-7-9-14-22/h7-9,13-14,16-20H,6,10-12,15H2,1-5H3/t20-/m1/s1. The van der Waals surface area contributed by atoms with Crippen LogP contribution in [0.2, 0.25) is 0 Å². The highest BCUT2D eigenvalue weighted by Crippen LogP contribution is 2.42. The van der Waals surface area contributed by atoms with Gasteiger partial charge in [-0.1, -0.05) is 43.3 Å². The minimum atomic E-state index is -0.460. The molecule has 0 unspecified atom stereocenters. The normalized spacial score (nSPS) is 12.5. The Balaban J connectivity index is 1.58. The fourth-order valence-corrected chi connectivity index (χ4v) is 4.16. The van der Waals surface area contributed by atoms with Gasteiger partial charge in [-0.25, -0.2) is 9.97 Å². The van der Waals surface area contributed by atoms with E-state index < -0.39 is 5.60 Å². The monoisotopic (exact) mass is 501 g/mol. The summed E-state index contributed by atoms with van der Waals surface area (Å²) < 4.78 is 18.0. The second-order valence-corrected chi connectivity index (χ2v) is 10.2. The summed E-state index contributed by atoms with van der Waals surface area (Å²) in [6, 6.07) is 14.0. The summed E-state index contributed by atoms with van der Waals surface area (Å²) in [5.74, 6) is 0.978. The van der Waals surface area contributed by atoms with E-state index in [0.717, 1.165) is 48.1 Å². The van der Waals surface area contributed by atoms with E-state index in [1.54, 1.807) is 0 Å². The maximum absolute atomic E-state index is 12.0. The molecule has 0 N–H and O–H groups in total. The number of carbonyl (C=O) groups excluding carboxylic acids is 1. The van der Waals surface area contributed by atoms with Crippen molar-refractivity contribution >= 4 is 17.1 Å². The number of hydrogen-bond donors (Lipinski definition) is 0. The molecule has 0 saturated carbocycles. The van der Waals surface area contributed by atoms with E-state index in [2.05, 4.69) is 23.0 Å². The SMILES string of the molecule is CCc1ccc(-c2c(-c3ccccc3)oc3ncnc(O[C@H](C)CCCCC(=O)OC(C)(C)C)c23)nc1. The molecule has 0 aliphatic heterocycles. The molecule has 3 heterocycles. The Labute approximate surface area is 218 Å². The molecule has 0 spiro atoms. The molecule has 4 rings (SSSR count). The highest BCUT2D eigenvalue weighted by Gasteiger charge is 2.24. The number of unbranched alkanes of at least 4 members (excludes halogenated alkanes) is 1. The molecule has 37 heavy (non-hydrogen) atoms. The molecule has 1 atom stereocenters. The van der Waals surface area contributed by atoms with Crippen molar-refractivity contribution in [2.75, 3.05) is 0 Å². The number of benzene rings is 1. The number of ether oxygens (including phenoxy) is 2. The van der Waals surface area contributed by atoms with Gasteiger partial charge in [-0.05, 0) is 65.0 Å². The summed E-state index contributed by atoms with van der Waals surface area (Å²) >= 11 is 0. The van der Waals surface area contributed by atoms with Crippen LogP contribution in [-0.4, -0.2) is 32.6 Å². The second-order valence-electron chi connectivity index (χ2n) is 10.2. The second kappa shape index (κ2) is 11.5. The van der Waals surface area contributed by atoms with Crippen LogP contribution in [0.1, 0.15) is 65.9 Å². The van der Waals surface area contributed by atoms with Gasteiger partial charge >= 0.3 is 5.97 Å². The first-order valence-corrected chi connectivity index (χ1v) is 12.9. The molecule has 0 fully saturated rings. The Hall–Kier alpha value is -3.74. The predicted molar refractivity (Wildman–Crippen MR) is 144 cm³/mol. The summed E-state index contributed by atoms with van der Waals surface area (Å²) in [7, 11) is 0. The van der Waals surface area contributed by atoms with E-state index in [0.29, 0.717) is 29.2 Å². The minimum Gasteiger partial charge on any atom is -0.474 e. The van der Waals surface area contributed by atoms with Crippen molar-refractivity contribution in [2.45, 2.75) is 78.4 Å². The molecule has 0 aliphatic rings. The third-order valence-electron chi connectivity index (χ3n) is 5.95. The van der Waals surface area contributed by atoms with Gasteiger partial charge in [0.25, 0.3) is 0 Å². The number of fused-ring (bicyclic) bond motifs is 1. The van der Waals surface area contributed by atoms with Crippen LogP contribution >= 0.6 is 0 Å². The van der Waals surface area contributed by atoms with Crippen molar-refractivity contribution in [3.8, 4) is 28.5 Å². The molecule has 4 aromatic rings. The van der Waals surface area contributed by atoms with E-state index in [9.17, 15) is 4.79 Å². The molecule has 7 nitrogen and oxygen atoms in total. The van der Waals surface area contributed by atoms with Gasteiger partial charge in [0.15, 0.2) is 0 Å². The zero-order valence-electron chi connectivity index (χ0n) is 22.3. The Morgan fingerprint density at radius 2 is 1.81 bits per heavy atom. The van der Waals surface area contributed by atoms with Crippen molar-refractivity contribution in [2.24, 2.45) is 0 Å². The molecule has 0 aliphatic carbocycles. The van der Waals surface area contributed by atoms with Crippen molar-refractivity contribution in [1.29, 1.82) is 0 Å². The Morgan fingerprint density at radius 3 is 2.49 bits per heavy atom. The number of esters is 1. The lowest BCUT2D eigenvalue weighted by atomic mass is 10.0. The smallest absolute Gasteiger partial charge is 0.306 e. The Kier molecular flexibility index (Phi) is 8.21. The molecule has 0 radical (unpaired) electrons. The van der Waals surface area contributed by atoms with Crippen LogP contribution in [0.15, 0.2) is 59.4 Å². The minimum absolute atomic E-state index is 0.116. The average Bonchev–Trinajstić information content (AvgIpc) is 3.27. The lowest BCUT2D eigenvalue weighted by molar-refractivity contribution is -0.154. The fraction of sp³-hybridized carbons (Fsp3) is 0.400. The lowest BCUT2D eigenvalue weighted by Gasteiger charge is -2.19. The molecule has 1 aromatic carbocycles.